The molecule has 0 bridgehead atoms. The van der Waals surface area contributed by atoms with Crippen LogP contribution in [0.4, 0.5) is 0 Å². The van der Waals surface area contributed by atoms with Crippen LogP contribution < -0.4 is 5.32 Å². The fraction of sp³-hybridized carbons (Fsp3) is 0.600. The van der Waals surface area contributed by atoms with Crippen LogP contribution in [0.1, 0.15) is 56.9 Å². The number of rotatable bonds is 5. The first-order valence-corrected chi connectivity index (χ1v) is 9.33. The Labute approximate surface area is 144 Å². The maximum Gasteiger partial charge on any atom is 0.237 e. The van der Waals surface area contributed by atoms with E-state index in [1.165, 1.54) is 19.3 Å². The largest absolute Gasteiger partial charge is 0.303 e. The third kappa shape index (κ3) is 3.86. The lowest BCUT2D eigenvalue weighted by molar-refractivity contribution is -0.134. The number of nitrogens with zero attached hydrogens (tertiary/aromatic N) is 1. The van der Waals surface area contributed by atoms with Crippen LogP contribution in [-0.2, 0) is 15.0 Å². The zero-order chi connectivity index (χ0) is 16.8. The third-order valence-corrected chi connectivity index (χ3v) is 5.57. The molecule has 3 rings (SSSR count). The maximum absolute atomic E-state index is 12.9. The molecule has 0 atom stereocenters. The average Bonchev–Trinajstić information content (AvgIpc) is 3.13. The summed E-state index contributed by atoms with van der Waals surface area (Å²) < 4.78 is 0. The Morgan fingerprint density at radius 1 is 0.958 bits per heavy atom. The molecule has 1 saturated carbocycles. The average molecular weight is 328 g/mol. The highest BCUT2D eigenvalue weighted by molar-refractivity contribution is 6.01. The van der Waals surface area contributed by atoms with Crippen LogP contribution >= 0.6 is 0 Å². The monoisotopic (exact) mass is 328 g/mol. The molecule has 0 unspecified atom stereocenters. The van der Waals surface area contributed by atoms with Gasteiger partial charge in [-0.3, -0.25) is 14.9 Å². The Morgan fingerprint density at radius 2 is 1.62 bits per heavy atom. The fourth-order valence-corrected chi connectivity index (χ4v) is 4.13. The molecule has 0 radical (unpaired) electrons. The van der Waals surface area contributed by atoms with Crippen molar-refractivity contribution in [2.75, 3.05) is 19.6 Å². The van der Waals surface area contributed by atoms with Crippen molar-refractivity contribution in [2.24, 2.45) is 0 Å². The lowest BCUT2D eigenvalue weighted by Gasteiger charge is -2.28. The molecule has 1 N–H and O–H groups in total. The molecule has 1 saturated heterocycles. The number of likely N-dealkylation sites (tertiary alicyclic amines) is 1. The van der Waals surface area contributed by atoms with E-state index in [1.54, 1.807) is 0 Å². The molecule has 1 heterocycles. The van der Waals surface area contributed by atoms with E-state index in [0.717, 1.165) is 50.9 Å². The molecule has 4 nitrogen and oxygen atoms in total. The van der Waals surface area contributed by atoms with Gasteiger partial charge in [0.05, 0.1) is 5.41 Å². The van der Waals surface area contributed by atoms with Gasteiger partial charge in [0.1, 0.15) is 0 Å². The van der Waals surface area contributed by atoms with Crippen molar-refractivity contribution in [1.82, 2.24) is 10.2 Å². The summed E-state index contributed by atoms with van der Waals surface area (Å²) in [6, 6.07) is 9.95. The number of benzene rings is 1. The lowest BCUT2D eigenvalue weighted by Crippen LogP contribution is -2.46. The molecule has 0 aromatic heterocycles. The predicted octanol–water partition coefficient (Wildman–Crippen LogP) is 3.02. The highest BCUT2D eigenvalue weighted by atomic mass is 16.2. The van der Waals surface area contributed by atoms with Gasteiger partial charge in [-0.15, -0.1) is 0 Å². The van der Waals surface area contributed by atoms with E-state index in [1.807, 2.05) is 30.3 Å². The van der Waals surface area contributed by atoms with E-state index >= 15 is 0 Å². The summed E-state index contributed by atoms with van der Waals surface area (Å²) in [5, 5.41) is 2.70. The van der Waals surface area contributed by atoms with Crippen LogP contribution in [0, 0.1) is 0 Å². The van der Waals surface area contributed by atoms with Gasteiger partial charge in [-0.05, 0) is 44.3 Å². The van der Waals surface area contributed by atoms with Gasteiger partial charge in [0, 0.05) is 13.0 Å². The number of hydrogen-bond donors (Lipinski definition) is 1. The zero-order valence-corrected chi connectivity index (χ0v) is 14.4. The van der Waals surface area contributed by atoms with E-state index in [4.69, 9.17) is 0 Å². The minimum absolute atomic E-state index is 0.102. The van der Waals surface area contributed by atoms with Crippen molar-refractivity contribution in [3.8, 4) is 0 Å². The van der Waals surface area contributed by atoms with Gasteiger partial charge in [-0.2, -0.15) is 0 Å². The molecule has 2 fully saturated rings. The Hall–Kier alpha value is -1.68. The fourth-order valence-electron chi connectivity index (χ4n) is 4.13. The third-order valence-electron chi connectivity index (χ3n) is 5.57. The van der Waals surface area contributed by atoms with Gasteiger partial charge in [0.2, 0.25) is 11.8 Å². The Kier molecular flexibility index (Phi) is 5.67. The second kappa shape index (κ2) is 7.93. The first-order chi connectivity index (χ1) is 11.7. The molecule has 2 amide bonds. The van der Waals surface area contributed by atoms with Crippen LogP contribution in [0.15, 0.2) is 30.3 Å². The normalized spacial score (nSPS) is 20.7. The number of imide groups is 1. The minimum Gasteiger partial charge on any atom is -0.303 e. The van der Waals surface area contributed by atoms with Crippen molar-refractivity contribution in [1.29, 1.82) is 0 Å². The summed E-state index contributed by atoms with van der Waals surface area (Å²) in [5.74, 6) is -0.234. The van der Waals surface area contributed by atoms with Crippen LogP contribution in [0.5, 0.6) is 0 Å². The van der Waals surface area contributed by atoms with Crippen LogP contribution in [0.25, 0.3) is 0 Å². The number of nitrogens with one attached hydrogen (secondary N) is 1. The molecular formula is C20H28N2O2. The van der Waals surface area contributed by atoms with Crippen molar-refractivity contribution in [3.63, 3.8) is 0 Å². The molecule has 4 heteroatoms. The zero-order valence-electron chi connectivity index (χ0n) is 14.4. The van der Waals surface area contributed by atoms with Gasteiger partial charge in [0.15, 0.2) is 0 Å². The van der Waals surface area contributed by atoms with Crippen LogP contribution in [-0.4, -0.2) is 36.3 Å². The molecule has 1 aliphatic heterocycles. The molecule has 130 valence electrons. The molecule has 1 aromatic carbocycles. The molecule has 1 aromatic rings. The highest BCUT2D eigenvalue weighted by Gasteiger charge is 2.43. The highest BCUT2D eigenvalue weighted by Crippen LogP contribution is 2.41. The molecule has 24 heavy (non-hydrogen) atoms. The number of hydrogen-bond acceptors (Lipinski definition) is 3. The van der Waals surface area contributed by atoms with Gasteiger partial charge in [0.25, 0.3) is 0 Å². The second-order valence-electron chi connectivity index (χ2n) is 7.18. The number of carbonyl (C=O) groups is 2. The first-order valence-electron chi connectivity index (χ1n) is 9.33. The standard InChI is InChI=1S/C20H28N2O2/c23-18(11-16-22-14-7-2-8-15-22)21-19(24)20(12-5-6-13-20)17-9-3-1-4-10-17/h1,3-4,9-10H,2,5-8,11-16H2,(H,21,23,24). The van der Waals surface area contributed by atoms with E-state index in [-0.39, 0.29) is 11.8 Å². The number of piperidine rings is 1. The summed E-state index contributed by atoms with van der Waals surface area (Å²) in [4.78, 5) is 27.5. The van der Waals surface area contributed by atoms with E-state index in [9.17, 15) is 9.59 Å². The van der Waals surface area contributed by atoms with Crippen molar-refractivity contribution in [3.05, 3.63) is 35.9 Å². The Bertz CT molecular complexity index is 558. The summed E-state index contributed by atoms with van der Waals surface area (Å²) in [5.41, 5.74) is 0.533. The predicted molar refractivity (Wildman–Crippen MR) is 94.6 cm³/mol. The van der Waals surface area contributed by atoms with Crippen molar-refractivity contribution < 1.29 is 9.59 Å². The van der Waals surface area contributed by atoms with Gasteiger partial charge in [-0.25, -0.2) is 0 Å². The van der Waals surface area contributed by atoms with Crippen molar-refractivity contribution in [2.45, 2.75) is 56.8 Å². The van der Waals surface area contributed by atoms with E-state index < -0.39 is 5.41 Å². The minimum atomic E-state index is -0.512. The van der Waals surface area contributed by atoms with Crippen LogP contribution in [0.3, 0.4) is 0 Å². The molecule has 2 aliphatic rings. The lowest BCUT2D eigenvalue weighted by atomic mass is 9.78. The molecule has 0 spiro atoms. The SMILES string of the molecule is O=C(CCN1CCCCC1)NC(=O)C1(c2ccccc2)CCCC1. The Morgan fingerprint density at radius 3 is 2.29 bits per heavy atom. The quantitative estimate of drug-likeness (QED) is 0.904. The number of carbonyl (C=O) groups excluding carboxylic acids is 2. The topological polar surface area (TPSA) is 49.4 Å². The summed E-state index contributed by atoms with van der Waals surface area (Å²) in [6.07, 6.45) is 7.91. The second-order valence-corrected chi connectivity index (χ2v) is 7.18. The summed E-state index contributed by atoms with van der Waals surface area (Å²) in [7, 11) is 0. The van der Waals surface area contributed by atoms with Crippen LogP contribution in [0.2, 0.25) is 0 Å². The van der Waals surface area contributed by atoms with Crippen molar-refractivity contribution >= 4 is 11.8 Å². The van der Waals surface area contributed by atoms with E-state index in [0.29, 0.717) is 6.42 Å². The summed E-state index contributed by atoms with van der Waals surface area (Å²) in [6.45, 7) is 2.92. The van der Waals surface area contributed by atoms with Gasteiger partial charge in [-0.1, -0.05) is 49.6 Å². The smallest absolute Gasteiger partial charge is 0.237 e. The van der Waals surface area contributed by atoms with Gasteiger partial charge < -0.3 is 4.90 Å². The first kappa shape index (κ1) is 17.2. The van der Waals surface area contributed by atoms with Gasteiger partial charge >= 0.3 is 0 Å². The molecule has 1 aliphatic carbocycles. The number of amides is 2. The maximum atomic E-state index is 12.9. The Balaban J connectivity index is 1.58. The summed E-state index contributed by atoms with van der Waals surface area (Å²) >= 11 is 0. The van der Waals surface area contributed by atoms with E-state index in [2.05, 4.69) is 10.2 Å². The molecular weight excluding hydrogens is 300 g/mol.